The van der Waals surface area contributed by atoms with E-state index in [1.165, 1.54) is 11.7 Å². The molecule has 3 aromatic carbocycles. The summed E-state index contributed by atoms with van der Waals surface area (Å²) >= 11 is 0. The Balaban J connectivity index is 1.67. The van der Waals surface area contributed by atoms with Crippen LogP contribution in [0.5, 0.6) is 0 Å². The number of fused-ring (bicyclic) bond motifs is 2. The van der Waals surface area contributed by atoms with E-state index in [0.29, 0.717) is 16.9 Å². The number of hydrogen-bond donors (Lipinski definition) is 1. The summed E-state index contributed by atoms with van der Waals surface area (Å²) in [5.41, 5.74) is 5.63. The standard InChI is InChI=1S/C26H20N2O4/c1-14(29)32-28-20-13-7-6-12-19(20)27-25(28)23-21-15-8-2-4-10-17(15)22(24(23)26(30)31)18-11-5-3-9-16(18)21/h2-13,21-24H,1H3,(H,30,31). The van der Waals surface area contributed by atoms with E-state index in [1.54, 1.807) is 0 Å². The van der Waals surface area contributed by atoms with Gasteiger partial charge in [0, 0.05) is 24.7 Å². The van der Waals surface area contributed by atoms with E-state index >= 15 is 0 Å². The van der Waals surface area contributed by atoms with E-state index in [-0.39, 0.29) is 11.8 Å². The number of aromatic nitrogens is 2. The van der Waals surface area contributed by atoms with Crippen molar-refractivity contribution in [1.29, 1.82) is 0 Å². The number of benzene rings is 3. The van der Waals surface area contributed by atoms with Crippen molar-refractivity contribution in [3.05, 3.63) is 101 Å². The highest BCUT2D eigenvalue weighted by molar-refractivity contribution is 5.80. The molecule has 2 bridgehead atoms. The molecule has 0 spiro atoms. The molecule has 158 valence electrons. The highest BCUT2D eigenvalue weighted by atomic mass is 16.7. The zero-order chi connectivity index (χ0) is 22.0. The lowest BCUT2D eigenvalue weighted by atomic mass is 9.54. The quantitative estimate of drug-likeness (QED) is 0.536. The van der Waals surface area contributed by atoms with Crippen molar-refractivity contribution in [3.8, 4) is 0 Å². The number of nitrogens with zero attached hydrogens (tertiary/aromatic N) is 2. The normalized spacial score (nSPS) is 22.9. The minimum atomic E-state index is -0.879. The molecule has 0 aliphatic heterocycles. The maximum Gasteiger partial charge on any atom is 0.329 e. The van der Waals surface area contributed by atoms with Crippen LogP contribution in [-0.4, -0.2) is 26.8 Å². The van der Waals surface area contributed by atoms with Crippen LogP contribution < -0.4 is 4.84 Å². The van der Waals surface area contributed by atoms with E-state index in [2.05, 4.69) is 12.1 Å². The fourth-order valence-electron chi connectivity index (χ4n) is 5.74. The van der Waals surface area contributed by atoms with Crippen molar-refractivity contribution >= 4 is 23.0 Å². The van der Waals surface area contributed by atoms with Gasteiger partial charge in [0.1, 0.15) is 5.52 Å². The average Bonchev–Trinajstić information content (AvgIpc) is 3.16. The van der Waals surface area contributed by atoms with Crippen molar-refractivity contribution < 1.29 is 19.5 Å². The number of aliphatic carboxylic acids is 1. The molecule has 0 saturated carbocycles. The highest BCUT2D eigenvalue weighted by Gasteiger charge is 2.55. The maximum absolute atomic E-state index is 12.8. The third kappa shape index (κ3) is 2.49. The second-order valence-electron chi connectivity index (χ2n) is 8.44. The smallest absolute Gasteiger partial charge is 0.329 e. The average molecular weight is 424 g/mol. The topological polar surface area (TPSA) is 81.4 Å². The van der Waals surface area contributed by atoms with Gasteiger partial charge < -0.3 is 9.94 Å². The Hall–Kier alpha value is -3.93. The summed E-state index contributed by atoms with van der Waals surface area (Å²) in [6.45, 7) is 1.34. The first kappa shape index (κ1) is 18.8. The second-order valence-corrected chi connectivity index (χ2v) is 8.44. The molecule has 7 rings (SSSR count). The summed E-state index contributed by atoms with van der Waals surface area (Å²) in [7, 11) is 0. The zero-order valence-corrected chi connectivity index (χ0v) is 17.3. The minimum absolute atomic E-state index is 0.209. The van der Waals surface area contributed by atoms with Crippen LogP contribution in [0.4, 0.5) is 0 Å². The maximum atomic E-state index is 12.8. The van der Waals surface area contributed by atoms with Gasteiger partial charge >= 0.3 is 11.9 Å². The molecule has 1 N–H and O–H groups in total. The van der Waals surface area contributed by atoms with Crippen LogP contribution >= 0.6 is 0 Å². The van der Waals surface area contributed by atoms with Crippen molar-refractivity contribution in [2.75, 3.05) is 0 Å². The third-order valence-electron chi connectivity index (χ3n) is 6.78. The predicted octanol–water partition coefficient (Wildman–Crippen LogP) is 4.09. The summed E-state index contributed by atoms with van der Waals surface area (Å²) in [6, 6.07) is 23.5. The Kier molecular flexibility index (Phi) is 3.99. The van der Waals surface area contributed by atoms with Crippen LogP contribution in [0.2, 0.25) is 0 Å². The third-order valence-corrected chi connectivity index (χ3v) is 6.78. The number of carbonyl (C=O) groups is 2. The van der Waals surface area contributed by atoms with Crippen LogP contribution in [0.3, 0.4) is 0 Å². The van der Waals surface area contributed by atoms with E-state index < -0.39 is 23.8 Å². The number of carboxylic acids is 1. The lowest BCUT2D eigenvalue weighted by molar-refractivity contribution is -0.144. The van der Waals surface area contributed by atoms with Gasteiger partial charge in [-0.05, 0) is 34.4 Å². The van der Waals surface area contributed by atoms with Crippen molar-refractivity contribution in [2.24, 2.45) is 5.92 Å². The van der Waals surface area contributed by atoms with Gasteiger partial charge in [0.05, 0.1) is 11.4 Å². The van der Waals surface area contributed by atoms with Crippen molar-refractivity contribution in [2.45, 2.75) is 24.7 Å². The Bertz CT molecular complexity index is 1360. The van der Waals surface area contributed by atoms with Gasteiger partial charge in [-0.3, -0.25) is 4.79 Å². The van der Waals surface area contributed by atoms with Gasteiger partial charge in [0.25, 0.3) is 0 Å². The van der Waals surface area contributed by atoms with Crippen LogP contribution in [-0.2, 0) is 9.59 Å². The van der Waals surface area contributed by atoms with Crippen LogP contribution in [0.1, 0.15) is 52.8 Å². The second kappa shape index (κ2) is 6.79. The van der Waals surface area contributed by atoms with Crippen molar-refractivity contribution in [1.82, 2.24) is 9.71 Å². The van der Waals surface area contributed by atoms with E-state index in [4.69, 9.17) is 9.82 Å². The number of para-hydroxylation sites is 2. The summed E-state index contributed by atoms with van der Waals surface area (Å²) in [4.78, 5) is 35.1. The molecule has 0 radical (unpaired) electrons. The Labute approximate surface area is 184 Å². The summed E-state index contributed by atoms with van der Waals surface area (Å²) < 4.78 is 1.43. The number of rotatable bonds is 3. The molecule has 6 heteroatoms. The molecule has 6 nitrogen and oxygen atoms in total. The first-order chi connectivity index (χ1) is 15.6. The Morgan fingerprint density at radius 3 is 1.94 bits per heavy atom. The number of carboxylic acid groups (broad SMARTS) is 1. The largest absolute Gasteiger partial charge is 0.481 e. The molecule has 2 atom stereocenters. The SMILES string of the molecule is CC(=O)On1c(C2C3c4ccccc4C(c4ccccc43)C2C(=O)O)nc2ccccc21. The molecule has 32 heavy (non-hydrogen) atoms. The van der Waals surface area contributed by atoms with Gasteiger partial charge in [-0.25, -0.2) is 9.78 Å². The van der Waals surface area contributed by atoms with E-state index in [0.717, 1.165) is 22.3 Å². The molecule has 2 unspecified atom stereocenters. The highest BCUT2D eigenvalue weighted by Crippen LogP contribution is 2.61. The molecule has 0 fully saturated rings. The van der Waals surface area contributed by atoms with Gasteiger partial charge in [-0.2, -0.15) is 4.73 Å². The van der Waals surface area contributed by atoms with E-state index in [1.807, 2.05) is 60.7 Å². The van der Waals surface area contributed by atoms with Crippen LogP contribution in [0.15, 0.2) is 72.8 Å². The molecule has 1 heterocycles. The Morgan fingerprint density at radius 2 is 1.38 bits per heavy atom. The molecule has 3 aliphatic carbocycles. The summed E-state index contributed by atoms with van der Waals surface area (Å²) in [5, 5.41) is 10.4. The Morgan fingerprint density at radius 1 is 0.844 bits per heavy atom. The lowest BCUT2D eigenvalue weighted by Gasteiger charge is -2.48. The zero-order valence-electron chi connectivity index (χ0n) is 17.3. The number of hydrogen-bond acceptors (Lipinski definition) is 4. The molecular weight excluding hydrogens is 404 g/mol. The lowest BCUT2D eigenvalue weighted by Crippen LogP contribution is -2.43. The number of carbonyl (C=O) groups excluding carboxylic acids is 1. The predicted molar refractivity (Wildman–Crippen MR) is 117 cm³/mol. The number of imidazole rings is 1. The van der Waals surface area contributed by atoms with E-state index in [9.17, 15) is 14.7 Å². The van der Waals surface area contributed by atoms with Gasteiger partial charge in [-0.1, -0.05) is 60.7 Å². The summed E-state index contributed by atoms with van der Waals surface area (Å²) in [6.07, 6.45) is 0. The minimum Gasteiger partial charge on any atom is -0.481 e. The fraction of sp³-hybridized carbons (Fsp3) is 0.192. The summed E-state index contributed by atoms with van der Waals surface area (Å²) in [5.74, 6) is -2.64. The van der Waals surface area contributed by atoms with Crippen LogP contribution in [0, 0.1) is 5.92 Å². The first-order valence-corrected chi connectivity index (χ1v) is 10.6. The van der Waals surface area contributed by atoms with Gasteiger partial charge in [0.15, 0.2) is 5.82 Å². The molecule has 1 aromatic heterocycles. The molecule has 4 aromatic rings. The molecule has 0 saturated heterocycles. The van der Waals surface area contributed by atoms with Crippen molar-refractivity contribution in [3.63, 3.8) is 0 Å². The first-order valence-electron chi connectivity index (χ1n) is 10.6. The monoisotopic (exact) mass is 424 g/mol. The van der Waals surface area contributed by atoms with Gasteiger partial charge in [-0.15, -0.1) is 0 Å². The molecule has 0 amide bonds. The van der Waals surface area contributed by atoms with Gasteiger partial charge in [0.2, 0.25) is 0 Å². The van der Waals surface area contributed by atoms with Crippen LogP contribution in [0.25, 0.3) is 11.0 Å². The molecule has 3 aliphatic rings. The fourth-order valence-corrected chi connectivity index (χ4v) is 5.74. The molecular formula is C26H20N2O4.